The topological polar surface area (TPSA) is 46.6 Å². The molecule has 6 heteroatoms. The fourth-order valence-corrected chi connectivity index (χ4v) is 4.40. The number of halogens is 2. The number of hydrogen-bond acceptors (Lipinski definition) is 3. The Kier molecular flexibility index (Phi) is 5.31. The van der Waals surface area contributed by atoms with Gasteiger partial charge in [-0.2, -0.15) is 0 Å². The van der Waals surface area contributed by atoms with Gasteiger partial charge < -0.3 is 9.64 Å². The largest absolute Gasteiger partial charge is 0.497 e. The Bertz CT molecular complexity index is 1150. The first-order valence-corrected chi connectivity index (χ1v) is 10.2. The highest BCUT2D eigenvalue weighted by atomic mass is 35.5. The smallest absolute Gasteiger partial charge is 0.245 e. The van der Waals surface area contributed by atoms with E-state index >= 15 is 0 Å². The molecule has 3 aromatic carbocycles. The van der Waals surface area contributed by atoms with Gasteiger partial charge in [-0.15, -0.1) is 0 Å². The number of benzene rings is 3. The van der Waals surface area contributed by atoms with Crippen LogP contribution in [0.4, 0.5) is 5.69 Å². The Balaban J connectivity index is 1.93. The van der Waals surface area contributed by atoms with Gasteiger partial charge >= 0.3 is 0 Å². The fourth-order valence-electron chi connectivity index (χ4n) is 3.84. The number of Topliss-reactive ketones (excluding diaryl/α,β-unsaturated/α-hetero) is 1. The molecule has 0 saturated carbocycles. The lowest BCUT2D eigenvalue weighted by atomic mass is 9.72. The van der Waals surface area contributed by atoms with Gasteiger partial charge in [-0.1, -0.05) is 65.7 Å². The molecule has 1 heterocycles. The summed E-state index contributed by atoms with van der Waals surface area (Å²) in [6.07, 6.45) is 0. The predicted molar refractivity (Wildman–Crippen MR) is 119 cm³/mol. The van der Waals surface area contributed by atoms with Gasteiger partial charge in [-0.25, -0.2) is 0 Å². The number of ether oxygens (including phenoxy) is 1. The van der Waals surface area contributed by atoms with Crippen molar-refractivity contribution in [1.82, 2.24) is 0 Å². The van der Waals surface area contributed by atoms with Crippen LogP contribution in [0.1, 0.15) is 28.4 Å². The van der Waals surface area contributed by atoms with Gasteiger partial charge in [0.1, 0.15) is 11.2 Å². The van der Waals surface area contributed by atoms with Gasteiger partial charge in [0.2, 0.25) is 5.91 Å². The molecule has 1 aliphatic rings. The maximum absolute atomic E-state index is 13.8. The molecule has 0 spiro atoms. The van der Waals surface area contributed by atoms with E-state index in [9.17, 15) is 9.59 Å². The fraction of sp³-hybridized carbons (Fsp3) is 0.167. The third kappa shape index (κ3) is 3.26. The maximum Gasteiger partial charge on any atom is 0.245 e. The van der Waals surface area contributed by atoms with Gasteiger partial charge in [0.05, 0.1) is 29.9 Å². The molecule has 0 aromatic heterocycles. The van der Waals surface area contributed by atoms with E-state index in [4.69, 9.17) is 27.9 Å². The van der Waals surface area contributed by atoms with Crippen molar-refractivity contribution in [3.05, 3.63) is 93.5 Å². The van der Waals surface area contributed by atoms with Crippen LogP contribution in [0.5, 0.6) is 5.75 Å². The average Bonchev–Trinajstić information content (AvgIpc) is 2.75. The first-order chi connectivity index (χ1) is 14.4. The second kappa shape index (κ2) is 7.78. The minimum absolute atomic E-state index is 0.224. The second-order valence-electron chi connectivity index (χ2n) is 7.34. The van der Waals surface area contributed by atoms with Crippen molar-refractivity contribution in [3.8, 4) is 5.75 Å². The van der Waals surface area contributed by atoms with E-state index < -0.39 is 5.41 Å². The van der Waals surface area contributed by atoms with Crippen molar-refractivity contribution >= 4 is 40.6 Å². The molecule has 1 amide bonds. The van der Waals surface area contributed by atoms with Crippen LogP contribution in [-0.2, 0) is 16.8 Å². The number of hydrogen-bond donors (Lipinski definition) is 0. The zero-order valence-electron chi connectivity index (χ0n) is 16.5. The van der Waals surface area contributed by atoms with E-state index in [-0.39, 0.29) is 23.3 Å². The third-order valence-electron chi connectivity index (χ3n) is 5.51. The summed E-state index contributed by atoms with van der Waals surface area (Å²) in [7, 11) is 1.54. The van der Waals surface area contributed by atoms with Crippen LogP contribution in [0.2, 0.25) is 10.0 Å². The van der Waals surface area contributed by atoms with Crippen LogP contribution in [0.25, 0.3) is 0 Å². The number of anilines is 1. The Labute approximate surface area is 185 Å². The van der Waals surface area contributed by atoms with Crippen LogP contribution in [0, 0.1) is 0 Å². The number of carbonyl (C=O) groups is 2. The van der Waals surface area contributed by atoms with Crippen molar-refractivity contribution in [2.75, 3.05) is 12.0 Å². The Hall–Kier alpha value is -2.82. The van der Waals surface area contributed by atoms with E-state index in [1.165, 1.54) is 6.07 Å². The number of fused-ring (bicyclic) bond motifs is 1. The molecule has 0 bridgehead atoms. The normalized spacial score (nSPS) is 18.3. The van der Waals surface area contributed by atoms with Crippen LogP contribution < -0.4 is 9.64 Å². The van der Waals surface area contributed by atoms with Gasteiger partial charge in [0.15, 0.2) is 5.78 Å². The molecule has 1 unspecified atom stereocenters. The Morgan fingerprint density at radius 1 is 0.967 bits per heavy atom. The molecule has 0 fully saturated rings. The molecule has 4 nitrogen and oxygen atoms in total. The SMILES string of the molecule is COc1cccc(C2(C)C(=O)c3c(Cl)cc(Cl)cc3N(Cc3ccccc3)C2=O)c1. The first kappa shape index (κ1) is 20.5. The molecule has 0 radical (unpaired) electrons. The molecule has 3 aromatic rings. The molecular weight excluding hydrogens is 421 g/mol. The van der Waals surface area contributed by atoms with E-state index in [0.29, 0.717) is 27.6 Å². The molecule has 30 heavy (non-hydrogen) atoms. The van der Waals surface area contributed by atoms with Crippen molar-refractivity contribution in [1.29, 1.82) is 0 Å². The van der Waals surface area contributed by atoms with Crippen molar-refractivity contribution in [3.63, 3.8) is 0 Å². The van der Waals surface area contributed by atoms with E-state index in [1.807, 2.05) is 30.3 Å². The lowest BCUT2D eigenvalue weighted by Crippen LogP contribution is -2.54. The number of nitrogens with zero attached hydrogens (tertiary/aromatic N) is 1. The number of rotatable bonds is 4. The molecule has 0 saturated heterocycles. The van der Waals surface area contributed by atoms with Crippen molar-refractivity contribution in [2.24, 2.45) is 0 Å². The minimum Gasteiger partial charge on any atom is -0.497 e. The Morgan fingerprint density at radius 2 is 1.70 bits per heavy atom. The number of methoxy groups -OCH3 is 1. The van der Waals surface area contributed by atoms with Gasteiger partial charge in [0.25, 0.3) is 0 Å². The summed E-state index contributed by atoms with van der Waals surface area (Å²) in [5, 5.41) is 0.588. The first-order valence-electron chi connectivity index (χ1n) is 9.40. The Morgan fingerprint density at radius 3 is 2.40 bits per heavy atom. The summed E-state index contributed by atoms with van der Waals surface area (Å²) in [6, 6.07) is 19.7. The molecule has 0 N–H and O–H groups in total. The van der Waals surface area contributed by atoms with Crippen molar-refractivity contribution < 1.29 is 14.3 Å². The highest BCUT2D eigenvalue weighted by Gasteiger charge is 2.51. The van der Waals surface area contributed by atoms with Crippen LogP contribution in [-0.4, -0.2) is 18.8 Å². The molecule has 152 valence electrons. The quantitative estimate of drug-likeness (QED) is 0.490. The molecule has 1 atom stereocenters. The summed E-state index contributed by atoms with van der Waals surface area (Å²) in [4.78, 5) is 29.1. The second-order valence-corrected chi connectivity index (χ2v) is 8.19. The van der Waals surface area contributed by atoms with E-state index in [0.717, 1.165) is 5.56 Å². The molecular formula is C24H19Cl2NO3. The standard InChI is InChI=1S/C24H19Cl2NO3/c1-24(16-9-6-10-18(11-16)30-2)22(28)21-19(26)12-17(25)13-20(21)27(23(24)29)14-15-7-4-3-5-8-15/h3-13H,14H2,1-2H3. The van der Waals surface area contributed by atoms with Gasteiger partial charge in [-0.05, 0) is 42.3 Å². The summed E-state index contributed by atoms with van der Waals surface area (Å²) in [6.45, 7) is 1.93. The highest BCUT2D eigenvalue weighted by Crippen LogP contribution is 2.45. The minimum atomic E-state index is -1.45. The van der Waals surface area contributed by atoms with E-state index in [2.05, 4.69) is 0 Å². The average molecular weight is 440 g/mol. The van der Waals surface area contributed by atoms with Crippen molar-refractivity contribution in [2.45, 2.75) is 18.9 Å². The monoisotopic (exact) mass is 439 g/mol. The molecule has 4 rings (SSSR count). The number of carbonyl (C=O) groups excluding carboxylic acids is 2. The number of amides is 1. The lowest BCUT2D eigenvalue weighted by Gasteiger charge is -2.40. The predicted octanol–water partition coefficient (Wildman–Crippen LogP) is 5.69. The van der Waals surface area contributed by atoms with E-state index in [1.54, 1.807) is 49.3 Å². The highest BCUT2D eigenvalue weighted by molar-refractivity contribution is 6.41. The van der Waals surface area contributed by atoms with Gasteiger partial charge in [-0.3, -0.25) is 9.59 Å². The maximum atomic E-state index is 13.8. The van der Waals surface area contributed by atoms with Gasteiger partial charge in [0, 0.05) is 5.02 Å². The summed E-state index contributed by atoms with van der Waals surface area (Å²) >= 11 is 12.7. The summed E-state index contributed by atoms with van der Waals surface area (Å²) in [5.41, 5.74) is 0.740. The summed E-state index contributed by atoms with van der Waals surface area (Å²) < 4.78 is 5.31. The molecule has 1 aliphatic heterocycles. The number of ketones is 1. The molecule has 0 aliphatic carbocycles. The van der Waals surface area contributed by atoms with Crippen LogP contribution in [0.15, 0.2) is 66.7 Å². The summed E-state index contributed by atoms with van der Waals surface area (Å²) in [5.74, 6) is -0.130. The zero-order chi connectivity index (χ0) is 21.5. The lowest BCUT2D eigenvalue weighted by molar-refractivity contribution is -0.122. The zero-order valence-corrected chi connectivity index (χ0v) is 18.0. The van der Waals surface area contributed by atoms with Crippen LogP contribution in [0.3, 0.4) is 0 Å². The third-order valence-corrected chi connectivity index (χ3v) is 6.03. The van der Waals surface area contributed by atoms with Crippen LogP contribution >= 0.6 is 23.2 Å².